The van der Waals surface area contributed by atoms with E-state index in [9.17, 15) is 4.79 Å². The Balaban J connectivity index is 2.13. The minimum Gasteiger partial charge on any atom is -0.481 e. The second-order valence-electron chi connectivity index (χ2n) is 2.17. The molecule has 1 unspecified atom stereocenters. The topological polar surface area (TPSA) is 58.9 Å². The Morgan fingerprint density at radius 1 is 1.90 bits per heavy atom. The summed E-state index contributed by atoms with van der Waals surface area (Å²) in [6.45, 7) is 0.535. The fourth-order valence-corrected chi connectivity index (χ4v) is 0.774. The van der Waals surface area contributed by atoms with E-state index in [-0.39, 0.29) is 12.5 Å². The number of aliphatic carboxylic acids is 1. The van der Waals surface area contributed by atoms with Gasteiger partial charge in [0, 0.05) is 6.42 Å². The van der Waals surface area contributed by atoms with Gasteiger partial charge in [0.2, 0.25) is 0 Å². The normalized spacial score (nSPS) is 22.6. The first-order valence-electron chi connectivity index (χ1n) is 3.14. The summed E-state index contributed by atoms with van der Waals surface area (Å²) in [6.07, 6.45) is 2.13. The zero-order chi connectivity index (χ0) is 7.40. The van der Waals surface area contributed by atoms with Crippen LogP contribution in [0, 0.1) is 0 Å². The number of hydrogen-bond acceptors (Lipinski definition) is 3. The van der Waals surface area contributed by atoms with Crippen molar-refractivity contribution in [2.75, 3.05) is 6.61 Å². The fraction of sp³-hybridized carbons (Fsp3) is 0.667. The van der Waals surface area contributed by atoms with Crippen molar-refractivity contribution < 1.29 is 14.6 Å². The standard InChI is InChI=1S/C6H9NO3/c8-6(9)2-1-5-3-10-4-7-5/h4-5H,1-3H2,(H,8,9). The van der Waals surface area contributed by atoms with Gasteiger partial charge in [0.15, 0.2) is 6.40 Å². The van der Waals surface area contributed by atoms with Gasteiger partial charge >= 0.3 is 5.97 Å². The number of carbonyl (C=O) groups is 1. The lowest BCUT2D eigenvalue weighted by Gasteiger charge is -2.00. The third-order valence-electron chi connectivity index (χ3n) is 1.33. The Morgan fingerprint density at radius 2 is 2.70 bits per heavy atom. The van der Waals surface area contributed by atoms with Crippen molar-refractivity contribution in [1.29, 1.82) is 0 Å². The predicted molar refractivity (Wildman–Crippen MR) is 35.1 cm³/mol. The molecule has 0 aromatic heterocycles. The van der Waals surface area contributed by atoms with Crippen LogP contribution in [-0.4, -0.2) is 30.1 Å². The molecule has 1 N–H and O–H groups in total. The highest BCUT2D eigenvalue weighted by molar-refractivity contribution is 5.66. The van der Waals surface area contributed by atoms with E-state index in [1.165, 1.54) is 6.40 Å². The van der Waals surface area contributed by atoms with Gasteiger partial charge in [-0.1, -0.05) is 0 Å². The van der Waals surface area contributed by atoms with Gasteiger partial charge in [-0.2, -0.15) is 0 Å². The van der Waals surface area contributed by atoms with Crippen molar-refractivity contribution in [3.8, 4) is 0 Å². The van der Waals surface area contributed by atoms with Crippen molar-refractivity contribution >= 4 is 12.4 Å². The molecular weight excluding hydrogens is 134 g/mol. The quantitative estimate of drug-likeness (QED) is 0.617. The van der Waals surface area contributed by atoms with Crippen LogP contribution in [0.4, 0.5) is 0 Å². The van der Waals surface area contributed by atoms with Crippen molar-refractivity contribution in [2.24, 2.45) is 4.99 Å². The number of hydrogen-bond donors (Lipinski definition) is 1. The average molecular weight is 143 g/mol. The Kier molecular flexibility index (Phi) is 2.25. The van der Waals surface area contributed by atoms with Gasteiger partial charge in [0.05, 0.1) is 6.04 Å². The van der Waals surface area contributed by atoms with E-state index in [0.717, 1.165) is 0 Å². The minimum atomic E-state index is -0.776. The first-order chi connectivity index (χ1) is 4.79. The number of ether oxygens (including phenoxy) is 1. The summed E-state index contributed by atoms with van der Waals surface area (Å²) in [7, 11) is 0. The summed E-state index contributed by atoms with van der Waals surface area (Å²) in [4.78, 5) is 14.0. The molecule has 1 rings (SSSR count). The maximum absolute atomic E-state index is 10.1. The van der Waals surface area contributed by atoms with Gasteiger partial charge in [-0.05, 0) is 6.42 Å². The number of rotatable bonds is 3. The van der Waals surface area contributed by atoms with Crippen LogP contribution in [0.25, 0.3) is 0 Å². The van der Waals surface area contributed by atoms with E-state index >= 15 is 0 Å². The summed E-state index contributed by atoms with van der Waals surface area (Å²) in [6, 6.07) is 0.0658. The Morgan fingerprint density at radius 3 is 3.20 bits per heavy atom. The van der Waals surface area contributed by atoms with Crippen molar-refractivity contribution in [2.45, 2.75) is 18.9 Å². The average Bonchev–Trinajstić information content (AvgIpc) is 2.34. The zero-order valence-corrected chi connectivity index (χ0v) is 5.49. The molecule has 0 bridgehead atoms. The molecule has 0 aliphatic carbocycles. The molecule has 4 nitrogen and oxygen atoms in total. The Hall–Kier alpha value is -1.06. The van der Waals surface area contributed by atoms with Crippen LogP contribution in [0.15, 0.2) is 4.99 Å². The maximum Gasteiger partial charge on any atom is 0.303 e. The van der Waals surface area contributed by atoms with E-state index in [1.54, 1.807) is 0 Å². The zero-order valence-electron chi connectivity index (χ0n) is 5.49. The second-order valence-corrected chi connectivity index (χ2v) is 2.17. The molecule has 0 aromatic rings. The molecule has 0 amide bonds. The van der Waals surface area contributed by atoms with Gasteiger partial charge in [-0.3, -0.25) is 9.79 Å². The molecule has 0 radical (unpaired) electrons. The van der Waals surface area contributed by atoms with Gasteiger partial charge in [-0.15, -0.1) is 0 Å². The van der Waals surface area contributed by atoms with E-state index in [1.807, 2.05) is 0 Å². The summed E-state index contributed by atoms with van der Waals surface area (Å²) >= 11 is 0. The highest BCUT2D eigenvalue weighted by atomic mass is 16.5. The van der Waals surface area contributed by atoms with Crippen LogP contribution in [0.1, 0.15) is 12.8 Å². The van der Waals surface area contributed by atoms with Crippen LogP contribution in [0.3, 0.4) is 0 Å². The lowest BCUT2D eigenvalue weighted by Crippen LogP contribution is -2.08. The molecule has 0 spiro atoms. The smallest absolute Gasteiger partial charge is 0.303 e. The highest BCUT2D eigenvalue weighted by Crippen LogP contribution is 2.06. The molecule has 0 saturated heterocycles. The molecule has 0 saturated carbocycles. The first kappa shape index (κ1) is 7.05. The van der Waals surface area contributed by atoms with E-state index in [0.29, 0.717) is 13.0 Å². The van der Waals surface area contributed by atoms with Gasteiger partial charge in [0.1, 0.15) is 6.61 Å². The SMILES string of the molecule is O=C(O)CCC1COC=N1. The highest BCUT2D eigenvalue weighted by Gasteiger charge is 2.12. The molecule has 0 aromatic carbocycles. The third-order valence-corrected chi connectivity index (χ3v) is 1.33. The summed E-state index contributed by atoms with van der Waals surface area (Å²) in [5.41, 5.74) is 0. The Bertz CT molecular complexity index is 155. The van der Waals surface area contributed by atoms with Crippen molar-refractivity contribution in [3.63, 3.8) is 0 Å². The number of nitrogens with zero attached hydrogens (tertiary/aromatic N) is 1. The molecule has 56 valence electrons. The molecule has 4 heteroatoms. The molecule has 1 aliphatic heterocycles. The van der Waals surface area contributed by atoms with E-state index in [4.69, 9.17) is 9.84 Å². The summed E-state index contributed by atoms with van der Waals surface area (Å²) in [5.74, 6) is -0.776. The molecular formula is C6H9NO3. The molecule has 1 atom stereocenters. The van der Waals surface area contributed by atoms with E-state index in [2.05, 4.69) is 4.99 Å². The molecule has 1 heterocycles. The molecule has 10 heavy (non-hydrogen) atoms. The van der Waals surface area contributed by atoms with Crippen molar-refractivity contribution in [3.05, 3.63) is 0 Å². The van der Waals surface area contributed by atoms with Gasteiger partial charge in [0.25, 0.3) is 0 Å². The Labute approximate surface area is 58.5 Å². The summed E-state index contributed by atoms with van der Waals surface area (Å²) < 4.78 is 4.80. The lowest BCUT2D eigenvalue weighted by molar-refractivity contribution is -0.137. The maximum atomic E-state index is 10.1. The van der Waals surface area contributed by atoms with Crippen LogP contribution in [0.2, 0.25) is 0 Å². The van der Waals surface area contributed by atoms with Crippen LogP contribution >= 0.6 is 0 Å². The first-order valence-corrected chi connectivity index (χ1v) is 3.14. The van der Waals surface area contributed by atoms with Crippen LogP contribution in [-0.2, 0) is 9.53 Å². The van der Waals surface area contributed by atoms with Gasteiger partial charge < -0.3 is 9.84 Å². The van der Waals surface area contributed by atoms with Gasteiger partial charge in [-0.25, -0.2) is 0 Å². The third kappa shape index (κ3) is 2.05. The predicted octanol–water partition coefficient (Wildman–Crippen LogP) is 0.278. The fourth-order valence-electron chi connectivity index (χ4n) is 0.774. The van der Waals surface area contributed by atoms with Crippen molar-refractivity contribution in [1.82, 2.24) is 0 Å². The number of aliphatic imine (C=N–C) groups is 1. The monoisotopic (exact) mass is 143 g/mol. The van der Waals surface area contributed by atoms with E-state index < -0.39 is 5.97 Å². The molecule has 0 fully saturated rings. The molecule has 1 aliphatic rings. The van der Waals surface area contributed by atoms with Crippen LogP contribution in [0.5, 0.6) is 0 Å². The lowest BCUT2D eigenvalue weighted by atomic mass is 10.2. The largest absolute Gasteiger partial charge is 0.481 e. The number of carboxylic acid groups (broad SMARTS) is 1. The van der Waals surface area contributed by atoms with Crippen LogP contribution < -0.4 is 0 Å². The second kappa shape index (κ2) is 3.20. The number of carboxylic acids is 1. The summed E-state index contributed by atoms with van der Waals surface area (Å²) in [5, 5.41) is 8.28. The minimum absolute atomic E-state index is 0.0658.